The molecule has 0 aliphatic carbocycles. The number of hydrogen-bond acceptors (Lipinski definition) is 3. The van der Waals surface area contributed by atoms with Gasteiger partial charge in [0.05, 0.1) is 13.1 Å². The number of rotatable bonds is 5. The maximum atomic E-state index is 12.4. The lowest BCUT2D eigenvalue weighted by Crippen LogP contribution is -2.45. The second-order valence-corrected chi connectivity index (χ2v) is 6.70. The molecule has 1 saturated heterocycles. The van der Waals surface area contributed by atoms with Crippen LogP contribution in [0.15, 0.2) is 16.4 Å². The van der Waals surface area contributed by atoms with Crippen LogP contribution in [0.1, 0.15) is 23.8 Å². The van der Waals surface area contributed by atoms with Crippen molar-refractivity contribution in [1.29, 1.82) is 0 Å². The van der Waals surface area contributed by atoms with Gasteiger partial charge in [-0.15, -0.1) is 11.3 Å². The van der Waals surface area contributed by atoms with Gasteiger partial charge in [0, 0.05) is 30.6 Å². The summed E-state index contributed by atoms with van der Waals surface area (Å²) in [5.41, 5.74) is 1.21. The molecule has 2 rings (SSSR count). The minimum atomic E-state index is -4.13. The highest BCUT2D eigenvalue weighted by molar-refractivity contribution is 7.10. The van der Waals surface area contributed by atoms with Crippen molar-refractivity contribution in [2.45, 2.75) is 39.0 Å². The number of nitrogens with one attached hydrogen (secondary N) is 2. The van der Waals surface area contributed by atoms with Crippen molar-refractivity contribution in [3.63, 3.8) is 0 Å². The Labute approximate surface area is 138 Å². The molecule has 1 unspecified atom stereocenters. The first kappa shape index (κ1) is 18.1. The molecule has 0 spiro atoms. The van der Waals surface area contributed by atoms with Crippen LogP contribution in [0.2, 0.25) is 0 Å². The first-order chi connectivity index (χ1) is 10.9. The third-order valence-corrected chi connectivity index (χ3v) is 4.72. The maximum absolute atomic E-state index is 12.4. The molecule has 1 fully saturated rings. The van der Waals surface area contributed by atoms with E-state index in [0.29, 0.717) is 38.6 Å². The summed E-state index contributed by atoms with van der Waals surface area (Å²) in [4.78, 5) is 7.18. The fourth-order valence-corrected chi connectivity index (χ4v) is 3.41. The summed E-state index contributed by atoms with van der Waals surface area (Å²) >= 11 is 1.66. The molecule has 8 heteroatoms. The van der Waals surface area contributed by atoms with Gasteiger partial charge < -0.3 is 10.6 Å². The Morgan fingerprint density at radius 3 is 2.87 bits per heavy atom. The van der Waals surface area contributed by atoms with Crippen LogP contribution in [0.4, 0.5) is 13.2 Å². The summed E-state index contributed by atoms with van der Waals surface area (Å²) in [5, 5.41) is 8.44. The molecule has 0 aromatic carbocycles. The molecule has 130 valence electrons. The summed E-state index contributed by atoms with van der Waals surface area (Å²) in [6.07, 6.45) is -3.44. The van der Waals surface area contributed by atoms with Crippen molar-refractivity contribution < 1.29 is 13.2 Å². The van der Waals surface area contributed by atoms with Crippen LogP contribution in [-0.2, 0) is 6.54 Å². The molecule has 1 atom stereocenters. The van der Waals surface area contributed by atoms with Gasteiger partial charge in [0.15, 0.2) is 5.96 Å². The van der Waals surface area contributed by atoms with E-state index in [-0.39, 0.29) is 6.04 Å². The number of likely N-dealkylation sites (tertiary alicyclic amines) is 1. The van der Waals surface area contributed by atoms with Crippen LogP contribution >= 0.6 is 11.3 Å². The van der Waals surface area contributed by atoms with Gasteiger partial charge in [0.1, 0.15) is 0 Å². The Morgan fingerprint density at radius 1 is 1.48 bits per heavy atom. The molecular weight excluding hydrogens is 325 g/mol. The van der Waals surface area contributed by atoms with Crippen molar-refractivity contribution in [2.24, 2.45) is 4.99 Å². The Morgan fingerprint density at radius 2 is 2.26 bits per heavy atom. The largest absolute Gasteiger partial charge is 0.401 e. The number of guanidine groups is 1. The Kier molecular flexibility index (Phi) is 6.29. The maximum Gasteiger partial charge on any atom is 0.401 e. The molecular formula is C15H23F3N4S. The highest BCUT2D eigenvalue weighted by Gasteiger charge is 2.34. The SMILES string of the molecule is CCNC(=NCc1sccc1C)NC1CCN(CC(F)(F)F)C1. The van der Waals surface area contributed by atoms with E-state index in [1.165, 1.54) is 15.3 Å². The van der Waals surface area contributed by atoms with Crippen molar-refractivity contribution in [1.82, 2.24) is 15.5 Å². The van der Waals surface area contributed by atoms with E-state index in [1.807, 2.05) is 19.2 Å². The number of aryl methyl sites for hydroxylation is 1. The van der Waals surface area contributed by atoms with Crippen molar-refractivity contribution in [2.75, 3.05) is 26.2 Å². The fourth-order valence-electron chi connectivity index (χ4n) is 2.58. The van der Waals surface area contributed by atoms with Crippen LogP contribution in [0, 0.1) is 6.92 Å². The summed E-state index contributed by atoms with van der Waals surface area (Å²) < 4.78 is 37.3. The second kappa shape index (κ2) is 8.01. The average molecular weight is 348 g/mol. The van der Waals surface area contributed by atoms with E-state index in [2.05, 4.69) is 21.7 Å². The van der Waals surface area contributed by atoms with E-state index in [9.17, 15) is 13.2 Å². The number of halogens is 3. The van der Waals surface area contributed by atoms with Crippen LogP contribution in [0.25, 0.3) is 0 Å². The van der Waals surface area contributed by atoms with E-state index in [1.54, 1.807) is 11.3 Å². The zero-order chi connectivity index (χ0) is 16.9. The van der Waals surface area contributed by atoms with Crippen molar-refractivity contribution >= 4 is 17.3 Å². The Bertz CT molecular complexity index is 527. The summed E-state index contributed by atoms with van der Waals surface area (Å²) in [6, 6.07) is 2.06. The van der Waals surface area contributed by atoms with Crippen molar-refractivity contribution in [3.8, 4) is 0 Å². The highest BCUT2D eigenvalue weighted by Crippen LogP contribution is 2.20. The molecule has 0 amide bonds. The smallest absolute Gasteiger partial charge is 0.357 e. The van der Waals surface area contributed by atoms with Crippen molar-refractivity contribution in [3.05, 3.63) is 21.9 Å². The Balaban J connectivity index is 1.88. The summed E-state index contributed by atoms with van der Waals surface area (Å²) in [5.74, 6) is 0.666. The van der Waals surface area contributed by atoms with Crippen LogP contribution < -0.4 is 10.6 Å². The predicted octanol–water partition coefficient (Wildman–Crippen LogP) is 2.75. The van der Waals surface area contributed by atoms with Gasteiger partial charge in [-0.3, -0.25) is 4.90 Å². The predicted molar refractivity (Wildman–Crippen MR) is 87.9 cm³/mol. The van der Waals surface area contributed by atoms with Crippen LogP contribution in [0.3, 0.4) is 0 Å². The third kappa shape index (κ3) is 6.02. The number of aliphatic imine (C=N–C) groups is 1. The summed E-state index contributed by atoms with van der Waals surface area (Å²) in [7, 11) is 0. The highest BCUT2D eigenvalue weighted by atomic mass is 32.1. The van der Waals surface area contributed by atoms with Gasteiger partial charge in [-0.05, 0) is 37.3 Å². The van der Waals surface area contributed by atoms with E-state index in [4.69, 9.17) is 0 Å². The first-order valence-electron chi connectivity index (χ1n) is 7.74. The lowest BCUT2D eigenvalue weighted by atomic mass is 10.3. The molecule has 4 nitrogen and oxygen atoms in total. The van der Waals surface area contributed by atoms with Gasteiger partial charge in [0.25, 0.3) is 0 Å². The molecule has 0 bridgehead atoms. The quantitative estimate of drug-likeness (QED) is 0.635. The number of hydrogen-bond donors (Lipinski definition) is 2. The zero-order valence-electron chi connectivity index (χ0n) is 13.4. The molecule has 1 aromatic rings. The number of nitrogens with zero attached hydrogens (tertiary/aromatic N) is 2. The second-order valence-electron chi connectivity index (χ2n) is 5.70. The molecule has 1 aliphatic heterocycles. The van der Waals surface area contributed by atoms with Crippen LogP contribution in [0.5, 0.6) is 0 Å². The molecule has 0 saturated carbocycles. The zero-order valence-corrected chi connectivity index (χ0v) is 14.2. The fraction of sp³-hybridized carbons (Fsp3) is 0.667. The van der Waals surface area contributed by atoms with E-state index >= 15 is 0 Å². The topological polar surface area (TPSA) is 39.7 Å². The molecule has 1 aliphatic rings. The first-order valence-corrected chi connectivity index (χ1v) is 8.62. The van der Waals surface area contributed by atoms with Crippen LogP contribution in [-0.4, -0.2) is 49.3 Å². The third-order valence-electron chi connectivity index (χ3n) is 3.71. The summed E-state index contributed by atoms with van der Waals surface area (Å²) in [6.45, 7) is 5.33. The minimum absolute atomic E-state index is 0.000386. The standard InChI is InChI=1S/C15H23F3N4S/c1-3-19-14(20-8-13-11(2)5-7-23-13)21-12-4-6-22(9-12)10-15(16,17)18/h5,7,12H,3-4,6,8-10H2,1-2H3,(H2,19,20,21). The Hall–Kier alpha value is -1.28. The molecule has 2 N–H and O–H groups in total. The van der Waals surface area contributed by atoms with E-state index < -0.39 is 12.7 Å². The number of thiophene rings is 1. The average Bonchev–Trinajstić information content (AvgIpc) is 3.04. The van der Waals surface area contributed by atoms with Gasteiger partial charge >= 0.3 is 6.18 Å². The normalized spacial score (nSPS) is 20.0. The van der Waals surface area contributed by atoms with Gasteiger partial charge in [0.2, 0.25) is 0 Å². The minimum Gasteiger partial charge on any atom is -0.357 e. The monoisotopic (exact) mass is 348 g/mol. The molecule has 2 heterocycles. The molecule has 0 radical (unpaired) electrons. The van der Waals surface area contributed by atoms with Gasteiger partial charge in [-0.25, -0.2) is 4.99 Å². The lowest BCUT2D eigenvalue weighted by molar-refractivity contribution is -0.143. The number of alkyl halides is 3. The molecule has 23 heavy (non-hydrogen) atoms. The van der Waals surface area contributed by atoms with Gasteiger partial charge in [-0.2, -0.15) is 13.2 Å². The molecule has 1 aromatic heterocycles. The van der Waals surface area contributed by atoms with E-state index in [0.717, 1.165) is 0 Å². The lowest BCUT2D eigenvalue weighted by Gasteiger charge is -2.19. The van der Waals surface area contributed by atoms with Gasteiger partial charge in [-0.1, -0.05) is 0 Å².